The SMILES string of the molecule is C=C(C)CO[C@H]1[C@H](C)OC(=O)[C@@H](NC(=O)c2nccc(OC)c2OCOC(C)=O)CCO[C@@H]1CC. The van der Waals surface area contributed by atoms with Crippen molar-refractivity contribution in [1.29, 1.82) is 0 Å². The molecule has 4 atom stereocenters. The van der Waals surface area contributed by atoms with E-state index in [-0.39, 0.29) is 36.3 Å². The van der Waals surface area contributed by atoms with Crippen molar-refractivity contribution in [2.75, 3.05) is 27.1 Å². The second kappa shape index (κ2) is 13.6. The van der Waals surface area contributed by atoms with E-state index in [1.807, 2.05) is 13.8 Å². The third-order valence-corrected chi connectivity index (χ3v) is 5.15. The lowest BCUT2D eigenvalue weighted by molar-refractivity contribution is -0.163. The summed E-state index contributed by atoms with van der Waals surface area (Å²) < 4.78 is 33.0. The Morgan fingerprint density at radius 1 is 1.31 bits per heavy atom. The van der Waals surface area contributed by atoms with Crippen LogP contribution in [-0.4, -0.2) is 74.3 Å². The number of cyclic esters (lactones) is 1. The molecule has 1 aliphatic heterocycles. The molecule has 1 aliphatic rings. The van der Waals surface area contributed by atoms with Gasteiger partial charge in [-0.05, 0) is 20.3 Å². The van der Waals surface area contributed by atoms with Gasteiger partial charge in [0, 0.05) is 32.2 Å². The Kier molecular flexibility index (Phi) is 10.9. The highest BCUT2D eigenvalue weighted by Gasteiger charge is 2.35. The molecular formula is C24H34N2O9. The van der Waals surface area contributed by atoms with Gasteiger partial charge in [-0.2, -0.15) is 0 Å². The lowest BCUT2D eigenvalue weighted by Gasteiger charge is -2.30. The van der Waals surface area contributed by atoms with Gasteiger partial charge < -0.3 is 33.7 Å². The van der Waals surface area contributed by atoms with Crippen molar-refractivity contribution in [3.8, 4) is 11.5 Å². The minimum Gasteiger partial charge on any atom is -0.493 e. The molecule has 0 unspecified atom stereocenters. The third kappa shape index (κ3) is 8.22. The van der Waals surface area contributed by atoms with E-state index in [1.165, 1.54) is 26.3 Å². The van der Waals surface area contributed by atoms with Crippen molar-refractivity contribution in [2.24, 2.45) is 0 Å². The molecule has 2 rings (SSSR count). The summed E-state index contributed by atoms with van der Waals surface area (Å²) in [5.74, 6) is -1.71. The van der Waals surface area contributed by atoms with Crippen LogP contribution < -0.4 is 14.8 Å². The first-order valence-electron chi connectivity index (χ1n) is 11.4. The normalized spacial score (nSPS) is 22.6. The van der Waals surface area contributed by atoms with Crippen LogP contribution in [0.4, 0.5) is 0 Å². The number of nitrogens with zero attached hydrogens (tertiary/aromatic N) is 1. The highest BCUT2D eigenvalue weighted by Crippen LogP contribution is 2.30. The van der Waals surface area contributed by atoms with Crippen LogP contribution in [0.5, 0.6) is 11.5 Å². The summed E-state index contributed by atoms with van der Waals surface area (Å²) in [5, 5.41) is 2.64. The van der Waals surface area contributed by atoms with E-state index in [4.69, 9.17) is 28.4 Å². The summed E-state index contributed by atoms with van der Waals surface area (Å²) in [7, 11) is 1.39. The molecule has 1 saturated heterocycles. The number of esters is 2. The van der Waals surface area contributed by atoms with Crippen molar-refractivity contribution in [1.82, 2.24) is 10.3 Å². The molecule has 0 aliphatic carbocycles. The average Bonchev–Trinajstić information content (AvgIpc) is 2.86. The van der Waals surface area contributed by atoms with Gasteiger partial charge in [0.05, 0.1) is 19.8 Å². The lowest BCUT2D eigenvalue weighted by Crippen LogP contribution is -2.45. The summed E-state index contributed by atoms with van der Waals surface area (Å²) in [6.45, 7) is 10.6. The lowest BCUT2D eigenvalue weighted by atomic mass is 10.1. The van der Waals surface area contributed by atoms with Gasteiger partial charge in [0.15, 0.2) is 17.2 Å². The number of hydrogen-bond donors (Lipinski definition) is 1. The minimum atomic E-state index is -1.00. The van der Waals surface area contributed by atoms with E-state index < -0.39 is 42.9 Å². The van der Waals surface area contributed by atoms with Gasteiger partial charge in [-0.25, -0.2) is 9.78 Å². The maximum Gasteiger partial charge on any atom is 0.329 e. The number of carbonyl (C=O) groups is 3. The summed E-state index contributed by atoms with van der Waals surface area (Å²) in [6.07, 6.45) is 0.769. The number of aromatic nitrogens is 1. The Labute approximate surface area is 205 Å². The van der Waals surface area contributed by atoms with E-state index in [9.17, 15) is 14.4 Å². The Morgan fingerprint density at radius 3 is 2.69 bits per heavy atom. The van der Waals surface area contributed by atoms with Gasteiger partial charge in [-0.1, -0.05) is 19.1 Å². The van der Waals surface area contributed by atoms with Crippen molar-refractivity contribution in [3.63, 3.8) is 0 Å². The fraction of sp³-hybridized carbons (Fsp3) is 0.583. The van der Waals surface area contributed by atoms with Crippen LogP contribution in [-0.2, 0) is 28.5 Å². The van der Waals surface area contributed by atoms with Gasteiger partial charge in [-0.3, -0.25) is 9.59 Å². The van der Waals surface area contributed by atoms with Crippen LogP contribution in [0, 0.1) is 0 Å². The first-order chi connectivity index (χ1) is 16.7. The number of methoxy groups -OCH3 is 1. The van der Waals surface area contributed by atoms with Gasteiger partial charge in [-0.15, -0.1) is 0 Å². The fourth-order valence-electron chi connectivity index (χ4n) is 3.44. The van der Waals surface area contributed by atoms with Crippen molar-refractivity contribution < 1.29 is 42.8 Å². The quantitative estimate of drug-likeness (QED) is 0.293. The third-order valence-electron chi connectivity index (χ3n) is 5.15. The van der Waals surface area contributed by atoms with E-state index in [0.29, 0.717) is 13.0 Å². The van der Waals surface area contributed by atoms with Crippen LogP contribution in [0.1, 0.15) is 51.0 Å². The first kappa shape index (κ1) is 28.1. The van der Waals surface area contributed by atoms with E-state index in [1.54, 1.807) is 6.92 Å². The van der Waals surface area contributed by atoms with Crippen LogP contribution in [0.15, 0.2) is 24.4 Å². The average molecular weight is 495 g/mol. The number of amides is 1. The zero-order valence-corrected chi connectivity index (χ0v) is 20.8. The highest BCUT2D eigenvalue weighted by molar-refractivity contribution is 5.98. The standard InChI is InChI=1S/C24H34N2O9/c1-7-18-21(32-12-14(2)3)15(4)35-24(29)17(9-11-31-18)26-23(28)20-22(34-13-33-16(5)27)19(30-6)8-10-25-20/h8,10,15,17-18,21H,2,7,9,11-13H2,1,3-6H3,(H,26,28)/t15-,17-,18+,21-/m0/s1. The number of nitrogens with one attached hydrogen (secondary N) is 1. The predicted molar refractivity (Wildman–Crippen MR) is 124 cm³/mol. The van der Waals surface area contributed by atoms with Crippen LogP contribution >= 0.6 is 0 Å². The molecule has 1 aromatic rings. The van der Waals surface area contributed by atoms with Gasteiger partial charge in [0.1, 0.15) is 18.2 Å². The molecule has 11 nitrogen and oxygen atoms in total. The van der Waals surface area contributed by atoms with Gasteiger partial charge >= 0.3 is 11.9 Å². The number of ether oxygens (including phenoxy) is 6. The predicted octanol–water partition coefficient (Wildman–Crippen LogP) is 2.18. The van der Waals surface area contributed by atoms with Gasteiger partial charge in [0.25, 0.3) is 5.91 Å². The molecular weight excluding hydrogens is 460 g/mol. The Morgan fingerprint density at radius 2 is 2.06 bits per heavy atom. The summed E-state index contributed by atoms with van der Waals surface area (Å²) >= 11 is 0. The molecule has 11 heteroatoms. The summed E-state index contributed by atoms with van der Waals surface area (Å²) in [5.41, 5.74) is 0.688. The molecule has 35 heavy (non-hydrogen) atoms. The first-order valence-corrected chi connectivity index (χ1v) is 11.4. The second-order valence-electron chi connectivity index (χ2n) is 8.10. The fourth-order valence-corrected chi connectivity index (χ4v) is 3.44. The van der Waals surface area contributed by atoms with Gasteiger partial charge in [0.2, 0.25) is 6.79 Å². The molecule has 0 spiro atoms. The van der Waals surface area contributed by atoms with E-state index in [2.05, 4.69) is 16.9 Å². The topological polar surface area (TPSA) is 132 Å². The van der Waals surface area contributed by atoms with Crippen molar-refractivity contribution in [3.05, 3.63) is 30.1 Å². The molecule has 2 heterocycles. The largest absolute Gasteiger partial charge is 0.493 e. The minimum absolute atomic E-state index is 0.0332. The monoisotopic (exact) mass is 494 g/mol. The second-order valence-corrected chi connectivity index (χ2v) is 8.10. The maximum atomic E-state index is 13.1. The van der Waals surface area contributed by atoms with Crippen LogP contribution in [0.25, 0.3) is 0 Å². The molecule has 0 bridgehead atoms. The van der Waals surface area contributed by atoms with Crippen LogP contribution in [0.3, 0.4) is 0 Å². The Hall–Kier alpha value is -3.18. The number of hydrogen-bond acceptors (Lipinski definition) is 10. The molecule has 1 fully saturated rings. The zero-order valence-electron chi connectivity index (χ0n) is 20.8. The molecule has 0 radical (unpaired) electrons. The number of pyridine rings is 1. The zero-order chi connectivity index (χ0) is 26.0. The van der Waals surface area contributed by atoms with Crippen molar-refractivity contribution >= 4 is 17.8 Å². The molecule has 0 aromatic carbocycles. The maximum absolute atomic E-state index is 13.1. The molecule has 1 aromatic heterocycles. The molecule has 0 saturated carbocycles. The number of rotatable bonds is 10. The Balaban J connectivity index is 2.19. The van der Waals surface area contributed by atoms with Crippen LogP contribution in [0.2, 0.25) is 0 Å². The smallest absolute Gasteiger partial charge is 0.329 e. The van der Waals surface area contributed by atoms with E-state index in [0.717, 1.165) is 5.57 Å². The highest BCUT2D eigenvalue weighted by atomic mass is 16.7. The number of carbonyl (C=O) groups excluding carboxylic acids is 3. The molecule has 194 valence electrons. The molecule has 1 N–H and O–H groups in total. The molecule has 1 amide bonds. The van der Waals surface area contributed by atoms with Crippen molar-refractivity contribution in [2.45, 2.75) is 64.9 Å². The summed E-state index contributed by atoms with van der Waals surface area (Å²) in [4.78, 5) is 41.1. The summed E-state index contributed by atoms with van der Waals surface area (Å²) in [6, 6.07) is 0.483. The Bertz CT molecular complexity index is 905. The van der Waals surface area contributed by atoms with E-state index >= 15 is 0 Å².